The molecule has 0 radical (unpaired) electrons. The first kappa shape index (κ1) is 88.7. The molecule has 6 aromatic heterocycles. The minimum absolute atomic E-state index is 0.0145. The molecule has 25 nitrogen and oxygen atoms in total. The van der Waals surface area contributed by atoms with E-state index in [1.807, 2.05) is 42.0 Å². The molecule has 0 spiro atoms. The summed E-state index contributed by atoms with van der Waals surface area (Å²) in [5.41, 5.74) is 12.2. The van der Waals surface area contributed by atoms with Crippen molar-refractivity contribution < 1.29 is 84.9 Å². The fourth-order valence-electron chi connectivity index (χ4n) is 15.2. The lowest BCUT2D eigenvalue weighted by atomic mass is 9.90. The number of rotatable bonds is 18. The molecule has 9 heterocycles. The van der Waals surface area contributed by atoms with Crippen molar-refractivity contribution in [3.05, 3.63) is 294 Å². The van der Waals surface area contributed by atoms with Gasteiger partial charge in [0, 0.05) is 92.3 Å². The minimum Gasteiger partial charge on any atom is -0.404 e. The number of fused-ring (bicyclic) bond motifs is 3. The molecule has 0 bridgehead atoms. The molecule has 14 aromatic rings. The number of carbonyl (C=O) groups excluding carboxylic acids is 3. The molecule has 0 saturated carbocycles. The molecule has 17 rings (SSSR count). The molecule has 652 valence electrons. The number of aryl methyl sites for hydroxylation is 2. The third-order valence-corrected chi connectivity index (χ3v) is 24.8. The zero-order chi connectivity index (χ0) is 89.2. The molecule has 3 aliphatic rings. The number of benzene rings is 8. The zero-order valence-electron chi connectivity index (χ0n) is 67.1. The summed E-state index contributed by atoms with van der Waals surface area (Å²) < 4.78 is 185. The van der Waals surface area contributed by atoms with Crippen molar-refractivity contribution in [2.24, 2.45) is 0 Å². The fraction of sp³-hybridized carbons (Fsp3) is 0.225. The van der Waals surface area contributed by atoms with E-state index < -0.39 is 73.4 Å². The van der Waals surface area contributed by atoms with Gasteiger partial charge in [-0.3, -0.25) is 14.4 Å². The number of aromatic nitrogens is 9. The van der Waals surface area contributed by atoms with E-state index in [-0.39, 0.29) is 61.5 Å². The van der Waals surface area contributed by atoms with E-state index >= 15 is 0 Å². The molecule has 3 aliphatic heterocycles. The first-order chi connectivity index (χ1) is 60.2. The number of H-pyrrole nitrogens is 1. The summed E-state index contributed by atoms with van der Waals surface area (Å²) >= 11 is 5.16. The van der Waals surface area contributed by atoms with Gasteiger partial charge in [-0.05, 0) is 184 Å². The molecule has 8 aromatic carbocycles. The number of hydrogen-bond acceptors (Lipinski definition) is 20. The van der Waals surface area contributed by atoms with Gasteiger partial charge in [-0.25, -0.2) is 54.7 Å². The summed E-state index contributed by atoms with van der Waals surface area (Å²) in [6, 6.07) is 56.7. The second-order valence-corrected chi connectivity index (χ2v) is 33.7. The third-order valence-electron chi connectivity index (χ3n) is 21.2. The number of alkyl halides is 9. The Hall–Kier alpha value is -13.6. The zero-order valence-corrected chi connectivity index (χ0v) is 69.5. The number of nitrogens with two attached hydrogens (primary N) is 1. The number of aromatic amines is 1. The Bertz CT molecular complexity index is 6480. The first-order valence-corrected chi connectivity index (χ1v) is 42.7. The van der Waals surface area contributed by atoms with Crippen LogP contribution >= 0.6 is 11.6 Å². The number of halogens is 10. The molecule has 2 amide bonds. The van der Waals surface area contributed by atoms with Gasteiger partial charge in [-0.15, -0.1) is 39.5 Å². The van der Waals surface area contributed by atoms with E-state index in [0.29, 0.717) is 71.8 Å². The second-order valence-electron chi connectivity index (χ2n) is 29.8. The van der Waals surface area contributed by atoms with Crippen LogP contribution in [-0.4, -0.2) is 135 Å². The van der Waals surface area contributed by atoms with Gasteiger partial charge in [0.25, 0.3) is 37.1 Å². The van der Waals surface area contributed by atoms with Gasteiger partial charge in [-0.1, -0.05) is 120 Å². The Balaban J connectivity index is 0.000000147. The second kappa shape index (κ2) is 37.8. The summed E-state index contributed by atoms with van der Waals surface area (Å²) in [6.45, 7) is 7.48. The summed E-state index contributed by atoms with van der Waals surface area (Å²) in [6.07, 6.45) is -0.914. The van der Waals surface area contributed by atoms with Gasteiger partial charge in [0.05, 0.1) is 43.0 Å². The summed E-state index contributed by atoms with van der Waals surface area (Å²) in [4.78, 5) is 71.7. The molecule has 0 aliphatic carbocycles. The average molecular weight is 1790 g/mol. The molecular weight excluding hydrogens is 1710 g/mol. The number of carbonyl (C=O) groups is 3. The van der Waals surface area contributed by atoms with Crippen molar-refractivity contribution in [2.45, 2.75) is 99.0 Å². The molecule has 3 atom stereocenters. The maximum absolute atomic E-state index is 13.4. The number of nitrogens with one attached hydrogen (secondary N) is 3. The number of nitrogens with zero attached hydrogens (tertiary/aromatic N) is 11. The van der Waals surface area contributed by atoms with Crippen molar-refractivity contribution in [3.63, 3.8) is 0 Å². The van der Waals surface area contributed by atoms with Crippen molar-refractivity contribution >= 4 is 116 Å². The lowest BCUT2D eigenvalue weighted by molar-refractivity contribution is -0.275. The Morgan fingerprint density at radius 3 is 1.17 bits per heavy atom. The van der Waals surface area contributed by atoms with Gasteiger partial charge in [0.15, 0.2) is 28.5 Å². The normalized spacial score (nSPS) is 15.7. The standard InChI is InChI=1S/C32H28F3N5O4S.C25H24F3N5O3S.C25H22F3N5O2.C7H5ClO/c1-21-9-12-25(13-10-21)45(42,43)40-17-15-26-29(36-20-37-30(26)40)39-16-5-8-24(19-39)23-11-14-28(44-32(33,34)35)27(18-23)38-31(41)22-6-3-2-4-7-22;1-16-4-7-19(8-5-16)37(34,35)33-12-10-20-23(30-15-31-24(20)33)32-11-2-3-18(14-32)17-6-9-22(21(29)13-17)36-25(26,27)28;26-25(27,28)35-21-9-8-17(13-20(21)32-24(34)16-5-2-1-3-6-16)18-7-4-12-33(14-18)23-19-10-11-29-22(19)30-15-31-23;8-7(9)6-4-2-1-3-5-6/h2-4,6-7,9-15,17-18,20,24H,5,8,16,19H2,1H3,(H,38,41);4-10,12-13,15,18H,2-3,11,14,29H2,1H3;1-3,5-6,8-11,13,15,18H,4,7,12,14H2,(H,32,34)(H,29,30,31);1-5H. The highest BCUT2D eigenvalue weighted by atomic mass is 35.5. The minimum atomic E-state index is -4.95. The number of piperidine rings is 3. The van der Waals surface area contributed by atoms with Crippen LogP contribution in [0.1, 0.15) is 115 Å². The van der Waals surface area contributed by atoms with Gasteiger partial charge in [0.2, 0.25) is 0 Å². The van der Waals surface area contributed by atoms with E-state index in [0.717, 1.165) is 92.1 Å². The summed E-state index contributed by atoms with van der Waals surface area (Å²) in [7, 11) is -7.77. The van der Waals surface area contributed by atoms with Crippen molar-refractivity contribution in [1.29, 1.82) is 0 Å². The number of hydrogen-bond donors (Lipinski definition) is 4. The van der Waals surface area contributed by atoms with E-state index in [4.69, 9.17) is 17.3 Å². The molecule has 5 N–H and O–H groups in total. The Kier molecular flexibility index (Phi) is 26.6. The summed E-state index contributed by atoms with van der Waals surface area (Å²) in [5, 5.41) is 6.81. The maximum Gasteiger partial charge on any atom is 0.573 e. The predicted octanol–water partition coefficient (Wildman–Crippen LogP) is 18.9. The number of anilines is 6. The first-order valence-electron chi connectivity index (χ1n) is 39.4. The lowest BCUT2D eigenvalue weighted by Gasteiger charge is -2.34. The van der Waals surface area contributed by atoms with Crippen molar-refractivity contribution in [3.8, 4) is 17.2 Å². The predicted molar refractivity (Wildman–Crippen MR) is 458 cm³/mol. The highest BCUT2D eigenvalue weighted by Crippen LogP contribution is 2.43. The third kappa shape index (κ3) is 21.4. The van der Waals surface area contributed by atoms with Crippen LogP contribution in [0.25, 0.3) is 33.1 Å². The van der Waals surface area contributed by atoms with Crippen LogP contribution in [0.5, 0.6) is 17.2 Å². The molecule has 37 heteroatoms. The van der Waals surface area contributed by atoms with Crippen LogP contribution in [-0.2, 0) is 20.0 Å². The van der Waals surface area contributed by atoms with Gasteiger partial charge >= 0.3 is 19.1 Å². The molecule has 126 heavy (non-hydrogen) atoms. The largest absolute Gasteiger partial charge is 0.573 e. The number of ether oxygens (including phenoxy) is 3. The van der Waals surface area contributed by atoms with E-state index in [9.17, 15) is 70.7 Å². The van der Waals surface area contributed by atoms with Crippen LogP contribution < -0.4 is 45.3 Å². The maximum atomic E-state index is 13.4. The van der Waals surface area contributed by atoms with Crippen molar-refractivity contribution in [1.82, 2.24) is 42.8 Å². The molecule has 3 saturated heterocycles. The number of nitrogen functional groups attached to an aromatic ring is 1. The Labute approximate surface area is 721 Å². The van der Waals surface area contributed by atoms with Crippen molar-refractivity contribution in [2.75, 3.05) is 70.3 Å². The monoisotopic (exact) mass is 1790 g/mol. The van der Waals surface area contributed by atoms with E-state index in [1.54, 1.807) is 170 Å². The lowest BCUT2D eigenvalue weighted by Crippen LogP contribution is -2.35. The SMILES string of the molecule is Cc1ccc(S(=O)(=O)n2ccc3c(N4CCCC(c5ccc(OC(F)(F)F)c(N)c5)C4)ncnc32)cc1.Cc1ccc(S(=O)(=O)n2ccc3c(N4CCCC(c5ccc(OC(F)(F)F)c(NC(=O)c6ccccc6)c5)C4)ncnc32)cc1.O=C(Cl)c1ccccc1.O=C(Nc1cc(C2CCCN(c3ncnc4[nH]ccc34)C2)ccc1OC(F)(F)F)c1ccccc1. The fourth-order valence-corrected chi connectivity index (χ4v) is 17.9. The molecule has 3 fully saturated rings. The molecular formula is C89H79ClF9N15O10S2. The van der Waals surface area contributed by atoms with Crippen LogP contribution in [0.2, 0.25) is 0 Å². The summed E-state index contributed by atoms with van der Waals surface area (Å²) in [5.74, 6) is -0.647. The smallest absolute Gasteiger partial charge is 0.404 e. The Morgan fingerprint density at radius 1 is 0.437 bits per heavy atom. The Morgan fingerprint density at radius 2 is 0.794 bits per heavy atom. The quantitative estimate of drug-likeness (QED) is 0.0352. The van der Waals surface area contributed by atoms with Crippen LogP contribution in [0.3, 0.4) is 0 Å². The van der Waals surface area contributed by atoms with E-state index in [2.05, 4.69) is 64.6 Å². The highest BCUT2D eigenvalue weighted by Gasteiger charge is 2.37. The van der Waals surface area contributed by atoms with Gasteiger partial charge in [0.1, 0.15) is 42.1 Å². The van der Waals surface area contributed by atoms with Gasteiger partial charge in [-0.2, -0.15) is 0 Å². The average Bonchev–Trinajstić information content (AvgIpc) is 1.60. The van der Waals surface area contributed by atoms with Gasteiger partial charge < -0.3 is 50.3 Å². The topological polar surface area (TPSA) is 310 Å². The van der Waals surface area contributed by atoms with Crippen LogP contribution in [0.15, 0.2) is 260 Å². The number of amides is 2. The van der Waals surface area contributed by atoms with Crippen LogP contribution in [0.4, 0.5) is 74.0 Å². The highest BCUT2D eigenvalue weighted by molar-refractivity contribution is 7.90. The van der Waals surface area contributed by atoms with E-state index in [1.165, 1.54) is 61.7 Å². The molecule has 3 unspecified atom stereocenters. The van der Waals surface area contributed by atoms with Crippen LogP contribution in [0, 0.1) is 13.8 Å².